The summed E-state index contributed by atoms with van der Waals surface area (Å²) in [6, 6.07) is 13.2. The number of anilines is 2. The van der Waals surface area contributed by atoms with Crippen molar-refractivity contribution in [1.82, 2.24) is 20.3 Å². The van der Waals surface area contributed by atoms with Crippen molar-refractivity contribution in [2.24, 2.45) is 0 Å². The van der Waals surface area contributed by atoms with Crippen molar-refractivity contribution < 1.29 is 17.9 Å². The first-order valence-corrected chi connectivity index (χ1v) is 15.1. The van der Waals surface area contributed by atoms with Crippen LogP contribution in [0.3, 0.4) is 0 Å². The molecule has 0 aliphatic carbocycles. The maximum absolute atomic E-state index is 12.5. The highest BCUT2D eigenvalue weighted by Crippen LogP contribution is 2.39. The summed E-state index contributed by atoms with van der Waals surface area (Å²) in [4.78, 5) is 13.8. The predicted molar refractivity (Wildman–Crippen MR) is 165 cm³/mol. The number of hydrogen-bond acceptors (Lipinski definition) is 9. The van der Waals surface area contributed by atoms with E-state index in [-0.39, 0.29) is 24.2 Å². The van der Waals surface area contributed by atoms with Crippen LogP contribution < -0.4 is 24.8 Å². The molecule has 2 aromatic carbocycles. The van der Waals surface area contributed by atoms with Crippen molar-refractivity contribution >= 4 is 44.8 Å². The molecule has 1 aliphatic rings. The van der Waals surface area contributed by atoms with Crippen molar-refractivity contribution in [3.8, 4) is 28.6 Å². The summed E-state index contributed by atoms with van der Waals surface area (Å²) in [5, 5.41) is 8.30. The summed E-state index contributed by atoms with van der Waals surface area (Å²) >= 11 is 0. The fraction of sp³-hybridized carbons (Fsp3) is 0.345. The van der Waals surface area contributed by atoms with Gasteiger partial charge in [-0.15, -0.1) is 12.4 Å². The first kappa shape index (κ1) is 30.3. The number of aromatic nitrogens is 3. The quantitative estimate of drug-likeness (QED) is 0.216. The van der Waals surface area contributed by atoms with Gasteiger partial charge in [0.15, 0.2) is 0 Å². The van der Waals surface area contributed by atoms with Crippen LogP contribution in [0.5, 0.6) is 17.4 Å². The number of nitrogens with zero attached hydrogens (tertiary/aromatic N) is 3. The molecule has 0 spiro atoms. The van der Waals surface area contributed by atoms with Crippen LogP contribution in [-0.4, -0.2) is 55.4 Å². The Morgan fingerprint density at radius 3 is 2.73 bits per heavy atom. The number of piperidine rings is 1. The predicted octanol–water partition coefficient (Wildman–Crippen LogP) is 5.54. The molecule has 218 valence electrons. The molecular weight excluding hydrogens is 564 g/mol. The lowest BCUT2D eigenvalue weighted by atomic mass is 10.0. The minimum absolute atomic E-state index is 0. The van der Waals surface area contributed by atoms with Gasteiger partial charge in [-0.1, -0.05) is 31.2 Å². The van der Waals surface area contributed by atoms with Gasteiger partial charge < -0.3 is 20.1 Å². The number of methoxy groups -OCH3 is 1. The highest BCUT2D eigenvalue weighted by Gasteiger charge is 2.19. The lowest BCUT2D eigenvalue weighted by Crippen LogP contribution is -2.38. The number of pyridine rings is 1. The van der Waals surface area contributed by atoms with Crippen molar-refractivity contribution in [2.45, 2.75) is 39.2 Å². The highest BCUT2D eigenvalue weighted by atomic mass is 35.5. The van der Waals surface area contributed by atoms with Crippen LogP contribution in [0.4, 0.5) is 11.6 Å². The number of aryl methyl sites for hydroxylation is 1. The third-order valence-corrected chi connectivity index (χ3v) is 8.25. The van der Waals surface area contributed by atoms with Crippen molar-refractivity contribution in [3.05, 3.63) is 60.4 Å². The second kappa shape index (κ2) is 13.3. The lowest BCUT2D eigenvalue weighted by molar-refractivity contribution is 0.408. The maximum Gasteiger partial charge on any atom is 0.232 e. The molecule has 4 aromatic rings. The molecule has 1 atom stereocenters. The third kappa shape index (κ3) is 7.16. The van der Waals surface area contributed by atoms with Gasteiger partial charge >= 0.3 is 0 Å². The van der Waals surface area contributed by atoms with Gasteiger partial charge in [0.1, 0.15) is 11.5 Å². The zero-order valence-corrected chi connectivity index (χ0v) is 24.9. The molecule has 0 bridgehead atoms. The van der Waals surface area contributed by atoms with E-state index < -0.39 is 10.0 Å². The molecule has 3 heterocycles. The maximum atomic E-state index is 12.5. The molecule has 1 fully saturated rings. The van der Waals surface area contributed by atoms with E-state index in [0.29, 0.717) is 46.7 Å². The summed E-state index contributed by atoms with van der Waals surface area (Å²) < 4.78 is 39.7. The van der Waals surface area contributed by atoms with E-state index in [0.717, 1.165) is 42.3 Å². The van der Waals surface area contributed by atoms with Gasteiger partial charge in [-0.05, 0) is 56.5 Å². The standard InChI is InChI=1S/C29H34N6O4S.ClH/c1-4-15-40(36,37)35-26-9-5-8-23-22(26)11-10-19(2)27(23)39-28-24(16-21(38-3)18-32-28)25-12-14-31-29(34-25)33-20-7-6-13-30-17-20;/h5,8-12,14,16,18,20,30,35H,4,6-7,13,15,17H2,1-3H3,(H,31,33,34);1H. The molecule has 1 saturated heterocycles. The summed E-state index contributed by atoms with van der Waals surface area (Å²) in [6.07, 6.45) is 5.98. The summed E-state index contributed by atoms with van der Waals surface area (Å²) in [5.74, 6) is 2.07. The van der Waals surface area contributed by atoms with Crippen LogP contribution in [0.15, 0.2) is 54.9 Å². The zero-order chi connectivity index (χ0) is 28.1. The number of nitrogens with one attached hydrogen (secondary N) is 3. The molecule has 1 unspecified atom stereocenters. The number of rotatable bonds is 10. The summed E-state index contributed by atoms with van der Waals surface area (Å²) in [6.45, 7) is 5.66. The topological polar surface area (TPSA) is 127 Å². The number of hydrogen-bond donors (Lipinski definition) is 3. The first-order valence-electron chi connectivity index (χ1n) is 13.4. The van der Waals surface area contributed by atoms with Gasteiger partial charge in [0.2, 0.25) is 21.9 Å². The molecule has 0 amide bonds. The second-order valence-corrected chi connectivity index (χ2v) is 11.7. The Hall–Kier alpha value is -3.67. The number of sulfonamides is 1. The van der Waals surface area contributed by atoms with Gasteiger partial charge in [0, 0.05) is 29.6 Å². The molecule has 12 heteroatoms. The van der Waals surface area contributed by atoms with E-state index in [1.807, 2.05) is 50.2 Å². The fourth-order valence-electron chi connectivity index (χ4n) is 4.79. The Balaban J connectivity index is 0.00000387. The number of fused-ring (bicyclic) bond motifs is 1. The summed E-state index contributed by atoms with van der Waals surface area (Å²) in [7, 11) is -1.88. The second-order valence-electron chi connectivity index (χ2n) is 9.82. The van der Waals surface area contributed by atoms with Gasteiger partial charge in [-0.2, -0.15) is 0 Å². The average molecular weight is 599 g/mol. The Labute approximate surface area is 246 Å². The van der Waals surface area contributed by atoms with E-state index in [1.54, 1.807) is 25.6 Å². The van der Waals surface area contributed by atoms with Crippen molar-refractivity contribution in [1.29, 1.82) is 0 Å². The van der Waals surface area contributed by atoms with Crippen LogP contribution in [0.2, 0.25) is 0 Å². The largest absolute Gasteiger partial charge is 0.495 e. The lowest BCUT2D eigenvalue weighted by Gasteiger charge is -2.23. The van der Waals surface area contributed by atoms with Gasteiger partial charge in [0.25, 0.3) is 0 Å². The van der Waals surface area contributed by atoms with Crippen LogP contribution in [-0.2, 0) is 10.0 Å². The van der Waals surface area contributed by atoms with Crippen LogP contribution in [0.25, 0.3) is 22.0 Å². The number of halogens is 1. The third-order valence-electron chi connectivity index (χ3n) is 6.77. The van der Waals surface area contributed by atoms with E-state index in [2.05, 4.69) is 25.3 Å². The molecule has 41 heavy (non-hydrogen) atoms. The molecule has 2 aromatic heterocycles. The van der Waals surface area contributed by atoms with Gasteiger partial charge in [0.05, 0.1) is 36.0 Å². The van der Waals surface area contributed by atoms with Crippen LogP contribution in [0, 0.1) is 6.92 Å². The molecule has 0 radical (unpaired) electrons. The first-order chi connectivity index (χ1) is 19.4. The minimum atomic E-state index is -3.46. The van der Waals surface area contributed by atoms with Gasteiger partial charge in [-0.25, -0.2) is 23.4 Å². The van der Waals surface area contributed by atoms with E-state index >= 15 is 0 Å². The van der Waals surface area contributed by atoms with Gasteiger partial charge in [-0.3, -0.25) is 4.72 Å². The van der Waals surface area contributed by atoms with E-state index in [4.69, 9.17) is 14.5 Å². The Morgan fingerprint density at radius 2 is 1.98 bits per heavy atom. The monoisotopic (exact) mass is 598 g/mol. The normalized spacial score (nSPS) is 15.1. The van der Waals surface area contributed by atoms with E-state index in [9.17, 15) is 8.42 Å². The molecule has 5 rings (SSSR count). The molecule has 10 nitrogen and oxygen atoms in total. The van der Waals surface area contributed by atoms with Crippen molar-refractivity contribution in [2.75, 3.05) is 36.0 Å². The highest BCUT2D eigenvalue weighted by molar-refractivity contribution is 7.92. The van der Waals surface area contributed by atoms with Crippen molar-refractivity contribution in [3.63, 3.8) is 0 Å². The molecular formula is C29H35ClN6O4S. The Morgan fingerprint density at radius 1 is 1.12 bits per heavy atom. The minimum Gasteiger partial charge on any atom is -0.495 e. The van der Waals surface area contributed by atoms with Crippen LogP contribution in [0.1, 0.15) is 31.7 Å². The number of ether oxygens (including phenoxy) is 2. The molecule has 3 N–H and O–H groups in total. The van der Waals surface area contributed by atoms with E-state index in [1.165, 1.54) is 0 Å². The fourth-order valence-corrected chi connectivity index (χ4v) is 5.95. The number of benzene rings is 2. The smallest absolute Gasteiger partial charge is 0.232 e. The SMILES string of the molecule is CCCS(=O)(=O)Nc1cccc2c(Oc3ncc(OC)cc3-c3ccnc(NC4CCCNC4)n3)c(C)ccc12.Cl. The van der Waals surface area contributed by atoms with Crippen LogP contribution >= 0.6 is 12.4 Å². The Bertz CT molecular complexity index is 1610. The average Bonchev–Trinajstić information content (AvgIpc) is 2.95. The summed E-state index contributed by atoms with van der Waals surface area (Å²) in [5.41, 5.74) is 2.65. The molecule has 1 aliphatic heterocycles. The zero-order valence-electron chi connectivity index (χ0n) is 23.3. The Kier molecular flexibility index (Phi) is 9.85. The molecule has 0 saturated carbocycles.